The minimum absolute atomic E-state index is 0.111. The van der Waals surface area contributed by atoms with Crippen LogP contribution in [0.3, 0.4) is 0 Å². The van der Waals surface area contributed by atoms with Gasteiger partial charge in [0.15, 0.2) is 0 Å². The second-order valence-corrected chi connectivity index (χ2v) is 10.7. The summed E-state index contributed by atoms with van der Waals surface area (Å²) in [5.74, 6) is -1.18. The van der Waals surface area contributed by atoms with Crippen molar-refractivity contribution in [3.8, 4) is 16.8 Å². The molecule has 0 radical (unpaired) electrons. The summed E-state index contributed by atoms with van der Waals surface area (Å²) in [5, 5.41) is 11.1. The predicted octanol–water partition coefficient (Wildman–Crippen LogP) is 7.41. The molecule has 1 aliphatic heterocycles. The Morgan fingerprint density at radius 1 is 0.947 bits per heavy atom. The van der Waals surface area contributed by atoms with Crippen molar-refractivity contribution in [2.75, 3.05) is 13.1 Å². The van der Waals surface area contributed by atoms with Crippen LogP contribution < -0.4 is 5.56 Å². The second-order valence-electron chi connectivity index (χ2n) is 9.53. The molecule has 3 aromatic carbocycles. The van der Waals surface area contributed by atoms with Gasteiger partial charge >= 0.3 is 5.97 Å². The highest BCUT2D eigenvalue weighted by atomic mass is 35.5. The third-order valence-electron chi connectivity index (χ3n) is 7.32. The van der Waals surface area contributed by atoms with Gasteiger partial charge in [0, 0.05) is 17.0 Å². The van der Waals surface area contributed by atoms with Gasteiger partial charge in [-0.05, 0) is 92.4 Å². The van der Waals surface area contributed by atoms with Crippen LogP contribution in [0.1, 0.15) is 31.2 Å². The fourth-order valence-electron chi connectivity index (χ4n) is 5.24. The maximum Gasteiger partial charge on any atom is 0.320 e. The van der Waals surface area contributed by atoms with Crippen LogP contribution in [0.4, 0.5) is 4.39 Å². The molecule has 1 aliphatic rings. The predicted molar refractivity (Wildman–Crippen MR) is 151 cm³/mol. The molecule has 1 N–H and O–H groups in total. The van der Waals surface area contributed by atoms with E-state index < -0.39 is 17.8 Å². The van der Waals surface area contributed by atoms with Crippen molar-refractivity contribution in [2.45, 2.75) is 31.7 Å². The number of carboxylic acids is 1. The van der Waals surface area contributed by atoms with Crippen molar-refractivity contribution in [2.24, 2.45) is 0 Å². The van der Waals surface area contributed by atoms with E-state index in [4.69, 9.17) is 34.8 Å². The molecule has 0 aliphatic carbocycles. The second kappa shape index (κ2) is 10.7. The number of aromatic nitrogens is 1. The van der Waals surface area contributed by atoms with E-state index in [0.29, 0.717) is 39.9 Å². The van der Waals surface area contributed by atoms with Crippen LogP contribution in [0.2, 0.25) is 15.1 Å². The minimum Gasteiger partial charge on any atom is -0.480 e. The van der Waals surface area contributed by atoms with Crippen molar-refractivity contribution in [1.82, 2.24) is 9.47 Å². The third kappa shape index (κ3) is 4.94. The van der Waals surface area contributed by atoms with Gasteiger partial charge < -0.3 is 5.11 Å². The molecule has 0 spiro atoms. The molecule has 0 bridgehead atoms. The number of rotatable bonds is 5. The molecule has 2 heterocycles. The van der Waals surface area contributed by atoms with Crippen molar-refractivity contribution >= 4 is 51.7 Å². The molecule has 38 heavy (non-hydrogen) atoms. The number of aliphatic carboxylic acids is 1. The van der Waals surface area contributed by atoms with Crippen LogP contribution >= 0.6 is 34.8 Å². The number of nitrogens with zero attached hydrogens (tertiary/aromatic N) is 2. The highest BCUT2D eigenvalue weighted by Crippen LogP contribution is 2.40. The first kappa shape index (κ1) is 26.7. The number of halogens is 4. The van der Waals surface area contributed by atoms with Crippen LogP contribution in [0, 0.1) is 5.82 Å². The van der Waals surface area contributed by atoms with E-state index in [1.165, 1.54) is 22.8 Å². The van der Waals surface area contributed by atoms with Crippen LogP contribution in [-0.4, -0.2) is 39.7 Å². The number of carboxylic acid groups (broad SMARTS) is 1. The van der Waals surface area contributed by atoms with Gasteiger partial charge in [-0.2, -0.15) is 0 Å². The molecule has 0 saturated carbocycles. The minimum atomic E-state index is -0.844. The van der Waals surface area contributed by atoms with Crippen LogP contribution in [0.25, 0.3) is 27.7 Å². The molecule has 1 fully saturated rings. The first-order valence-corrected chi connectivity index (χ1v) is 13.4. The Labute approximate surface area is 234 Å². The van der Waals surface area contributed by atoms with Gasteiger partial charge in [-0.25, -0.2) is 4.39 Å². The molecule has 0 amide bonds. The number of hydrogen-bond donors (Lipinski definition) is 1. The monoisotopic (exact) mass is 572 g/mol. The average Bonchev–Trinajstić information content (AvgIpc) is 2.89. The van der Waals surface area contributed by atoms with Gasteiger partial charge in [-0.3, -0.25) is 19.1 Å². The Balaban J connectivity index is 1.73. The molecule has 9 heteroatoms. The normalized spacial score (nSPS) is 15.6. The molecule has 0 unspecified atom stereocenters. The lowest BCUT2D eigenvalue weighted by atomic mass is 9.86. The van der Waals surface area contributed by atoms with Gasteiger partial charge in [-0.1, -0.05) is 46.9 Å². The summed E-state index contributed by atoms with van der Waals surface area (Å²) in [4.78, 5) is 26.7. The molecule has 196 valence electrons. The largest absolute Gasteiger partial charge is 0.480 e. The molecule has 1 atom stereocenters. The molecule has 5 rings (SSSR count). The average molecular weight is 574 g/mol. The van der Waals surface area contributed by atoms with Crippen LogP contribution in [-0.2, 0) is 4.79 Å². The summed E-state index contributed by atoms with van der Waals surface area (Å²) >= 11 is 19.6. The number of carbonyl (C=O) groups is 1. The maximum absolute atomic E-state index is 13.9. The first-order valence-electron chi connectivity index (χ1n) is 12.2. The summed E-state index contributed by atoms with van der Waals surface area (Å²) in [6.07, 6.45) is 1.48. The van der Waals surface area contributed by atoms with Crippen molar-refractivity contribution < 1.29 is 14.3 Å². The van der Waals surface area contributed by atoms with E-state index in [0.717, 1.165) is 29.4 Å². The van der Waals surface area contributed by atoms with Gasteiger partial charge in [0.25, 0.3) is 5.56 Å². The molecular weight excluding hydrogens is 550 g/mol. The number of hydrogen-bond acceptors (Lipinski definition) is 3. The summed E-state index contributed by atoms with van der Waals surface area (Å²) < 4.78 is 15.4. The Morgan fingerprint density at radius 2 is 1.63 bits per heavy atom. The van der Waals surface area contributed by atoms with Gasteiger partial charge in [-0.15, -0.1) is 0 Å². The lowest BCUT2D eigenvalue weighted by Crippen LogP contribution is -2.43. The Morgan fingerprint density at radius 3 is 2.26 bits per heavy atom. The molecule has 1 aromatic heterocycles. The molecular formula is C29H24Cl3FN2O3. The number of fused-ring (bicyclic) bond motifs is 1. The van der Waals surface area contributed by atoms with Crippen molar-refractivity contribution in [3.63, 3.8) is 0 Å². The van der Waals surface area contributed by atoms with Gasteiger partial charge in [0.1, 0.15) is 11.9 Å². The van der Waals surface area contributed by atoms with E-state index in [2.05, 4.69) is 0 Å². The lowest BCUT2D eigenvalue weighted by Gasteiger charge is -2.34. The number of para-hydroxylation sites is 1. The standard InChI is InChI=1S/C29H24Cl3FN2O3/c1-16(29(37)38)34-11-9-17(10-12-34)18-13-22(20-6-5-19(33)15-25(20)32)21-7-8-27(36)35(26(21)14-18)28-23(30)3-2-4-24(28)31/h2-8,13-17H,9-12H2,1H3,(H,37,38)/t16-/m1/s1. The van der Waals surface area contributed by atoms with Crippen molar-refractivity contribution in [3.05, 3.63) is 97.5 Å². The third-order valence-corrected chi connectivity index (χ3v) is 8.25. The highest BCUT2D eigenvalue weighted by Gasteiger charge is 2.28. The zero-order valence-corrected chi connectivity index (χ0v) is 22.7. The Hall–Kier alpha value is -2.90. The van der Waals surface area contributed by atoms with Gasteiger partial charge in [0.2, 0.25) is 0 Å². The topological polar surface area (TPSA) is 62.5 Å². The zero-order valence-electron chi connectivity index (χ0n) is 20.4. The number of pyridine rings is 1. The smallest absolute Gasteiger partial charge is 0.320 e. The fraction of sp³-hybridized carbons (Fsp3) is 0.241. The van der Waals surface area contributed by atoms with E-state index in [-0.39, 0.29) is 16.5 Å². The Bertz CT molecular complexity index is 1590. The summed E-state index contributed by atoms with van der Waals surface area (Å²) in [6, 6.07) is 15.9. The zero-order chi connectivity index (χ0) is 27.1. The number of likely N-dealkylation sites (tertiary alicyclic amines) is 1. The number of benzene rings is 3. The lowest BCUT2D eigenvalue weighted by molar-refractivity contribution is -0.143. The SMILES string of the molecule is C[C@H](C(=O)O)N1CCC(c2cc(-c3ccc(F)cc3Cl)c3ccc(=O)n(-c4c(Cl)cccc4Cl)c3c2)CC1. The highest BCUT2D eigenvalue weighted by molar-refractivity contribution is 6.38. The maximum atomic E-state index is 13.9. The Kier molecular flexibility index (Phi) is 7.51. The summed E-state index contributed by atoms with van der Waals surface area (Å²) in [7, 11) is 0. The summed E-state index contributed by atoms with van der Waals surface area (Å²) in [5.41, 5.74) is 3.03. The van der Waals surface area contributed by atoms with E-state index >= 15 is 0 Å². The quantitative estimate of drug-likeness (QED) is 0.270. The number of piperidine rings is 1. The van der Waals surface area contributed by atoms with Gasteiger partial charge in [0.05, 0.1) is 26.3 Å². The van der Waals surface area contributed by atoms with Crippen LogP contribution in [0.5, 0.6) is 0 Å². The van der Waals surface area contributed by atoms with Crippen molar-refractivity contribution in [1.29, 1.82) is 0 Å². The van der Waals surface area contributed by atoms with E-state index in [9.17, 15) is 19.1 Å². The fourth-order valence-corrected chi connectivity index (χ4v) is 6.08. The molecule has 4 aromatic rings. The summed E-state index contributed by atoms with van der Waals surface area (Å²) in [6.45, 7) is 2.95. The first-order chi connectivity index (χ1) is 18.2. The van der Waals surface area contributed by atoms with E-state index in [1.54, 1.807) is 37.3 Å². The van der Waals surface area contributed by atoms with Crippen LogP contribution in [0.15, 0.2) is 65.5 Å². The molecule has 5 nitrogen and oxygen atoms in total. The van der Waals surface area contributed by atoms with E-state index in [1.807, 2.05) is 17.0 Å². The molecule has 1 saturated heterocycles.